The Kier molecular flexibility index (Phi) is 11.2. The third-order valence-corrected chi connectivity index (χ3v) is 3.31. The second-order valence-corrected chi connectivity index (χ2v) is 5.43. The number of carbonyl (C=O) groups excluding carboxylic acids is 1. The topological polar surface area (TPSA) is 41.1 Å². The normalized spacial score (nSPS) is 14.2. The van der Waals surface area contributed by atoms with Crippen LogP contribution in [0, 0.1) is 5.92 Å². The molecule has 0 bridgehead atoms. The molecule has 0 saturated heterocycles. The van der Waals surface area contributed by atoms with Gasteiger partial charge in [0.1, 0.15) is 0 Å². The molecule has 0 heterocycles. The lowest BCUT2D eigenvalue weighted by atomic mass is 10.0. The molecule has 0 aliphatic heterocycles. The fourth-order valence-corrected chi connectivity index (χ4v) is 2.02. The van der Waals surface area contributed by atoms with E-state index in [9.17, 15) is 4.79 Å². The van der Waals surface area contributed by atoms with Gasteiger partial charge in [0.25, 0.3) is 0 Å². The Hall–Kier alpha value is -0.570. The summed E-state index contributed by atoms with van der Waals surface area (Å²) in [4.78, 5) is 11.0. The summed E-state index contributed by atoms with van der Waals surface area (Å²) < 4.78 is 0. The monoisotopic (exact) mass is 256 g/mol. The fourth-order valence-electron chi connectivity index (χ4n) is 2.02. The minimum atomic E-state index is 0.0670. The molecule has 0 spiro atoms. The molecular formula is C15H32N2O. The van der Waals surface area contributed by atoms with E-state index in [0.717, 1.165) is 25.4 Å². The summed E-state index contributed by atoms with van der Waals surface area (Å²) in [5.74, 6) is 0.795. The number of hydrogen-bond acceptors (Lipinski definition) is 2. The number of amides is 1. The molecule has 1 amide bonds. The lowest BCUT2D eigenvalue weighted by Gasteiger charge is -2.21. The Morgan fingerprint density at radius 1 is 1.06 bits per heavy atom. The molecule has 0 aromatic heterocycles. The number of carbonyl (C=O) groups is 1. The van der Waals surface area contributed by atoms with Crippen molar-refractivity contribution < 1.29 is 4.79 Å². The predicted molar refractivity (Wildman–Crippen MR) is 78.7 cm³/mol. The lowest BCUT2D eigenvalue weighted by molar-refractivity contribution is -0.119. The Morgan fingerprint density at radius 2 is 1.67 bits per heavy atom. The maximum atomic E-state index is 11.0. The van der Waals surface area contributed by atoms with E-state index < -0.39 is 0 Å². The van der Waals surface area contributed by atoms with Crippen LogP contribution in [0.15, 0.2) is 0 Å². The maximum absolute atomic E-state index is 11.0. The van der Waals surface area contributed by atoms with Crippen molar-refractivity contribution in [1.82, 2.24) is 10.6 Å². The van der Waals surface area contributed by atoms with Gasteiger partial charge in [-0.1, -0.05) is 46.5 Å². The summed E-state index contributed by atoms with van der Waals surface area (Å²) in [7, 11) is 0. The van der Waals surface area contributed by atoms with Gasteiger partial charge >= 0.3 is 0 Å². The highest BCUT2D eigenvalue weighted by molar-refractivity contribution is 5.72. The van der Waals surface area contributed by atoms with Gasteiger partial charge in [-0.15, -0.1) is 0 Å². The minimum absolute atomic E-state index is 0.0670. The van der Waals surface area contributed by atoms with E-state index in [0.29, 0.717) is 6.04 Å². The Labute approximate surface area is 113 Å². The highest BCUT2D eigenvalue weighted by Gasteiger charge is 2.10. The molecule has 3 nitrogen and oxygen atoms in total. The van der Waals surface area contributed by atoms with Crippen LogP contribution < -0.4 is 10.6 Å². The van der Waals surface area contributed by atoms with E-state index in [1.54, 1.807) is 6.92 Å². The van der Waals surface area contributed by atoms with Gasteiger partial charge in [-0.2, -0.15) is 0 Å². The second kappa shape index (κ2) is 11.5. The Bertz CT molecular complexity index is 207. The van der Waals surface area contributed by atoms with Crippen LogP contribution in [0.5, 0.6) is 0 Å². The zero-order chi connectivity index (χ0) is 13.8. The average Bonchev–Trinajstić information content (AvgIpc) is 2.35. The molecular weight excluding hydrogens is 224 g/mol. The molecule has 0 radical (unpaired) electrons. The van der Waals surface area contributed by atoms with Crippen molar-refractivity contribution in [2.75, 3.05) is 13.1 Å². The van der Waals surface area contributed by atoms with Crippen LogP contribution >= 0.6 is 0 Å². The Morgan fingerprint density at radius 3 is 2.22 bits per heavy atom. The third-order valence-electron chi connectivity index (χ3n) is 3.31. The molecule has 0 unspecified atom stereocenters. The van der Waals surface area contributed by atoms with E-state index in [2.05, 4.69) is 31.4 Å². The van der Waals surface area contributed by atoms with Crippen LogP contribution in [0.4, 0.5) is 0 Å². The van der Waals surface area contributed by atoms with Crippen LogP contribution in [0.3, 0.4) is 0 Å². The molecule has 2 N–H and O–H groups in total. The smallest absolute Gasteiger partial charge is 0.216 e. The molecule has 0 rings (SSSR count). The number of rotatable bonds is 11. The summed E-state index contributed by atoms with van der Waals surface area (Å²) in [6, 6.07) is 0.429. The summed E-state index contributed by atoms with van der Waals surface area (Å²) >= 11 is 0. The van der Waals surface area contributed by atoms with Gasteiger partial charge in [0.05, 0.1) is 0 Å². The van der Waals surface area contributed by atoms with Crippen LogP contribution in [0.2, 0.25) is 0 Å². The molecule has 2 atom stereocenters. The summed E-state index contributed by atoms with van der Waals surface area (Å²) in [6.45, 7) is 10.2. The maximum Gasteiger partial charge on any atom is 0.216 e. The molecule has 3 heteroatoms. The van der Waals surface area contributed by atoms with Crippen molar-refractivity contribution in [2.45, 2.75) is 72.3 Å². The largest absolute Gasteiger partial charge is 0.355 e. The van der Waals surface area contributed by atoms with Crippen LogP contribution in [0.1, 0.15) is 66.2 Å². The van der Waals surface area contributed by atoms with Gasteiger partial charge in [-0.05, 0) is 25.3 Å². The Balaban J connectivity index is 3.86. The first-order valence-corrected chi connectivity index (χ1v) is 7.57. The van der Waals surface area contributed by atoms with Crippen molar-refractivity contribution in [2.24, 2.45) is 5.92 Å². The second-order valence-electron chi connectivity index (χ2n) is 5.43. The van der Waals surface area contributed by atoms with Gasteiger partial charge in [0, 0.05) is 19.5 Å². The summed E-state index contributed by atoms with van der Waals surface area (Å²) in [6.07, 6.45) is 7.47. The van der Waals surface area contributed by atoms with Crippen molar-refractivity contribution in [3.63, 3.8) is 0 Å². The summed E-state index contributed by atoms with van der Waals surface area (Å²) in [5, 5.41) is 6.52. The zero-order valence-corrected chi connectivity index (χ0v) is 12.7. The van der Waals surface area contributed by atoms with Crippen LogP contribution in [0.25, 0.3) is 0 Å². The molecule has 18 heavy (non-hydrogen) atoms. The SMILES string of the molecule is CCCC[C@@H](C)CN[C@H](CCCC)CNC(C)=O. The fraction of sp³-hybridized carbons (Fsp3) is 0.933. The first kappa shape index (κ1) is 17.4. The quantitative estimate of drug-likeness (QED) is 0.596. The summed E-state index contributed by atoms with van der Waals surface area (Å²) in [5.41, 5.74) is 0. The van der Waals surface area contributed by atoms with E-state index in [4.69, 9.17) is 0 Å². The van der Waals surface area contributed by atoms with Crippen molar-refractivity contribution in [1.29, 1.82) is 0 Å². The van der Waals surface area contributed by atoms with Crippen LogP contribution in [-0.2, 0) is 4.79 Å². The van der Waals surface area contributed by atoms with Crippen LogP contribution in [-0.4, -0.2) is 25.0 Å². The zero-order valence-electron chi connectivity index (χ0n) is 12.7. The standard InChI is InChI=1S/C15H32N2O/c1-5-7-9-13(3)11-17-15(10-8-6-2)12-16-14(4)18/h13,15,17H,5-12H2,1-4H3,(H,16,18)/t13-,15-/m1/s1. The number of hydrogen-bond donors (Lipinski definition) is 2. The molecule has 0 fully saturated rings. The average molecular weight is 256 g/mol. The molecule has 0 aromatic rings. The minimum Gasteiger partial charge on any atom is -0.355 e. The van der Waals surface area contributed by atoms with Gasteiger partial charge in [0.2, 0.25) is 5.91 Å². The van der Waals surface area contributed by atoms with E-state index in [1.165, 1.54) is 32.1 Å². The van der Waals surface area contributed by atoms with E-state index in [1.807, 2.05) is 0 Å². The highest BCUT2D eigenvalue weighted by Crippen LogP contribution is 2.07. The molecule has 108 valence electrons. The molecule has 0 aliphatic rings. The molecule has 0 aromatic carbocycles. The van der Waals surface area contributed by atoms with Gasteiger partial charge in [0.15, 0.2) is 0 Å². The van der Waals surface area contributed by atoms with Gasteiger partial charge < -0.3 is 10.6 Å². The number of nitrogens with one attached hydrogen (secondary N) is 2. The first-order valence-electron chi connectivity index (χ1n) is 7.57. The molecule has 0 aliphatic carbocycles. The van der Waals surface area contributed by atoms with Gasteiger partial charge in [-0.3, -0.25) is 4.79 Å². The number of unbranched alkanes of at least 4 members (excludes halogenated alkanes) is 2. The van der Waals surface area contributed by atoms with Crippen molar-refractivity contribution in [3.8, 4) is 0 Å². The van der Waals surface area contributed by atoms with Gasteiger partial charge in [-0.25, -0.2) is 0 Å². The third kappa shape index (κ3) is 10.6. The molecule has 0 saturated carbocycles. The van der Waals surface area contributed by atoms with E-state index >= 15 is 0 Å². The van der Waals surface area contributed by atoms with Crippen molar-refractivity contribution >= 4 is 5.91 Å². The lowest BCUT2D eigenvalue weighted by Crippen LogP contribution is -2.41. The van der Waals surface area contributed by atoms with E-state index in [-0.39, 0.29) is 5.91 Å². The first-order chi connectivity index (χ1) is 8.60. The van der Waals surface area contributed by atoms with Crippen molar-refractivity contribution in [3.05, 3.63) is 0 Å². The predicted octanol–water partition coefficient (Wildman–Crippen LogP) is 3.10. The highest BCUT2D eigenvalue weighted by atomic mass is 16.1.